The molecule has 0 aromatic heterocycles. The third-order valence-electron chi connectivity index (χ3n) is 3.88. The maximum absolute atomic E-state index is 11.7. The van der Waals surface area contributed by atoms with Crippen LogP contribution in [0.3, 0.4) is 0 Å². The summed E-state index contributed by atoms with van der Waals surface area (Å²) < 4.78 is 0. The van der Waals surface area contributed by atoms with Crippen molar-refractivity contribution in [2.24, 2.45) is 5.92 Å². The predicted octanol–water partition coefficient (Wildman–Crippen LogP) is 2.12. The molecule has 0 N–H and O–H groups in total. The third-order valence-corrected chi connectivity index (χ3v) is 3.88. The van der Waals surface area contributed by atoms with Gasteiger partial charge in [0.1, 0.15) is 0 Å². The van der Waals surface area contributed by atoms with Gasteiger partial charge in [0.2, 0.25) is 5.91 Å². The average molecular weight is 238 g/mol. The minimum absolute atomic E-state index is 0.287. The van der Waals surface area contributed by atoms with Gasteiger partial charge in [-0.05, 0) is 31.6 Å². The third kappa shape index (κ3) is 3.44. The van der Waals surface area contributed by atoms with E-state index in [0.717, 1.165) is 5.92 Å². The number of hydrogen-bond donors (Lipinski definition) is 0. The molecule has 0 aromatic carbocycles. The first-order chi connectivity index (χ1) is 8.08. The van der Waals surface area contributed by atoms with Crippen LogP contribution < -0.4 is 0 Å². The Morgan fingerprint density at radius 3 is 2.12 bits per heavy atom. The van der Waals surface area contributed by atoms with Crippen molar-refractivity contribution in [1.29, 1.82) is 0 Å². The van der Waals surface area contributed by atoms with Gasteiger partial charge in [-0.1, -0.05) is 13.8 Å². The largest absolute Gasteiger partial charge is 0.337 e. The Bertz CT molecular complexity index is 265. The van der Waals surface area contributed by atoms with E-state index in [4.69, 9.17) is 0 Å². The van der Waals surface area contributed by atoms with Gasteiger partial charge in [-0.15, -0.1) is 0 Å². The fraction of sp³-hybridized carbons (Fsp3) is 0.929. The summed E-state index contributed by atoms with van der Waals surface area (Å²) in [6, 6.07) is 1.09. The molecule has 17 heavy (non-hydrogen) atoms. The van der Waals surface area contributed by atoms with E-state index in [1.54, 1.807) is 6.92 Å². The average Bonchev–Trinajstić information content (AvgIpc) is 3.04. The molecule has 1 saturated heterocycles. The van der Waals surface area contributed by atoms with Crippen LogP contribution in [0.1, 0.15) is 46.5 Å². The Balaban J connectivity index is 1.83. The van der Waals surface area contributed by atoms with Crippen molar-refractivity contribution >= 4 is 5.91 Å². The maximum atomic E-state index is 11.7. The summed E-state index contributed by atoms with van der Waals surface area (Å²) in [7, 11) is 0. The van der Waals surface area contributed by atoms with Crippen molar-refractivity contribution in [3.05, 3.63) is 0 Å². The lowest BCUT2D eigenvalue weighted by Gasteiger charge is -2.39. The molecule has 2 fully saturated rings. The van der Waals surface area contributed by atoms with Crippen molar-refractivity contribution in [2.45, 2.75) is 58.5 Å². The van der Waals surface area contributed by atoms with E-state index in [1.165, 1.54) is 45.3 Å². The molecule has 1 saturated carbocycles. The molecule has 0 spiro atoms. The Hall–Kier alpha value is -0.570. The first-order valence-electron chi connectivity index (χ1n) is 7.09. The minimum atomic E-state index is 0.287. The molecule has 0 radical (unpaired) electrons. The summed E-state index contributed by atoms with van der Waals surface area (Å²) in [4.78, 5) is 16.4. The fourth-order valence-corrected chi connectivity index (χ4v) is 3.06. The molecule has 0 aromatic rings. The molecule has 0 atom stereocenters. The monoisotopic (exact) mass is 238 g/mol. The summed E-state index contributed by atoms with van der Waals surface area (Å²) in [6.07, 6.45) is 4.79. The highest BCUT2D eigenvalue weighted by Gasteiger charge is 2.36. The van der Waals surface area contributed by atoms with Gasteiger partial charge in [-0.3, -0.25) is 4.79 Å². The zero-order chi connectivity index (χ0) is 12.4. The molecular weight excluding hydrogens is 212 g/mol. The minimum Gasteiger partial charge on any atom is -0.337 e. The molecule has 2 aliphatic rings. The maximum Gasteiger partial charge on any atom is 0.219 e. The zero-order valence-electron chi connectivity index (χ0n) is 11.5. The SMILES string of the molecule is CC(=O)N(C1CC1)C1CCN(CC(C)C)CC1. The topological polar surface area (TPSA) is 23.6 Å². The quantitative estimate of drug-likeness (QED) is 0.749. The molecule has 3 nitrogen and oxygen atoms in total. The Kier molecular flexibility index (Phi) is 4.08. The summed E-state index contributed by atoms with van der Waals surface area (Å²) in [6.45, 7) is 9.82. The van der Waals surface area contributed by atoms with Crippen LogP contribution in [0, 0.1) is 5.92 Å². The molecule has 0 bridgehead atoms. The molecule has 1 aliphatic carbocycles. The molecular formula is C14H26N2O. The predicted molar refractivity (Wildman–Crippen MR) is 69.8 cm³/mol. The van der Waals surface area contributed by atoms with Crippen LogP contribution in [-0.4, -0.2) is 47.4 Å². The molecule has 1 aliphatic heterocycles. The van der Waals surface area contributed by atoms with Gasteiger partial charge in [-0.2, -0.15) is 0 Å². The molecule has 1 amide bonds. The summed E-state index contributed by atoms with van der Waals surface area (Å²) in [5.74, 6) is 1.04. The standard InChI is InChI=1S/C14H26N2O/c1-11(2)10-15-8-6-14(7-9-15)16(12(3)17)13-4-5-13/h11,13-14H,4-10H2,1-3H3. The second kappa shape index (κ2) is 5.38. The lowest BCUT2D eigenvalue weighted by atomic mass is 10.0. The first-order valence-corrected chi connectivity index (χ1v) is 7.09. The Morgan fingerprint density at radius 2 is 1.71 bits per heavy atom. The van der Waals surface area contributed by atoms with E-state index in [0.29, 0.717) is 12.1 Å². The van der Waals surface area contributed by atoms with Gasteiger partial charge in [0.25, 0.3) is 0 Å². The lowest BCUT2D eigenvalue weighted by molar-refractivity contribution is -0.132. The van der Waals surface area contributed by atoms with Crippen LogP contribution in [0.4, 0.5) is 0 Å². The van der Waals surface area contributed by atoms with Gasteiger partial charge >= 0.3 is 0 Å². The summed E-state index contributed by atoms with van der Waals surface area (Å²) in [5, 5.41) is 0. The van der Waals surface area contributed by atoms with E-state index in [9.17, 15) is 4.79 Å². The highest BCUT2D eigenvalue weighted by molar-refractivity contribution is 5.74. The summed E-state index contributed by atoms with van der Waals surface area (Å²) >= 11 is 0. The fourth-order valence-electron chi connectivity index (χ4n) is 3.06. The van der Waals surface area contributed by atoms with E-state index in [1.807, 2.05) is 0 Å². The van der Waals surface area contributed by atoms with Gasteiger partial charge < -0.3 is 9.80 Å². The van der Waals surface area contributed by atoms with Crippen LogP contribution in [0.5, 0.6) is 0 Å². The highest BCUT2D eigenvalue weighted by Crippen LogP contribution is 2.31. The van der Waals surface area contributed by atoms with Gasteiger partial charge in [0.15, 0.2) is 0 Å². The van der Waals surface area contributed by atoms with Crippen molar-refractivity contribution in [3.8, 4) is 0 Å². The number of piperidine rings is 1. The number of likely N-dealkylation sites (tertiary alicyclic amines) is 1. The number of rotatable bonds is 4. The van der Waals surface area contributed by atoms with Crippen molar-refractivity contribution in [3.63, 3.8) is 0 Å². The lowest BCUT2D eigenvalue weighted by Crippen LogP contribution is -2.48. The molecule has 98 valence electrons. The molecule has 1 heterocycles. The number of hydrogen-bond acceptors (Lipinski definition) is 2. The Morgan fingerprint density at radius 1 is 1.18 bits per heavy atom. The second-order valence-corrected chi connectivity index (χ2v) is 6.08. The second-order valence-electron chi connectivity index (χ2n) is 6.08. The first kappa shape index (κ1) is 12.9. The van der Waals surface area contributed by atoms with Crippen molar-refractivity contribution < 1.29 is 4.79 Å². The van der Waals surface area contributed by atoms with E-state index >= 15 is 0 Å². The number of amides is 1. The van der Waals surface area contributed by atoms with Crippen LogP contribution in [0.2, 0.25) is 0 Å². The van der Waals surface area contributed by atoms with Crippen LogP contribution in [0.15, 0.2) is 0 Å². The van der Waals surface area contributed by atoms with Gasteiger partial charge in [0, 0.05) is 38.6 Å². The molecule has 3 heteroatoms. The van der Waals surface area contributed by atoms with E-state index < -0.39 is 0 Å². The summed E-state index contributed by atoms with van der Waals surface area (Å²) in [5.41, 5.74) is 0. The van der Waals surface area contributed by atoms with Crippen LogP contribution in [-0.2, 0) is 4.79 Å². The number of nitrogens with zero attached hydrogens (tertiary/aromatic N) is 2. The Labute approximate surface area is 105 Å². The van der Waals surface area contributed by atoms with Crippen molar-refractivity contribution in [1.82, 2.24) is 9.80 Å². The smallest absolute Gasteiger partial charge is 0.219 e. The molecule has 2 rings (SSSR count). The number of carbonyl (C=O) groups is 1. The normalized spacial score (nSPS) is 23.1. The van der Waals surface area contributed by atoms with Gasteiger partial charge in [0.05, 0.1) is 0 Å². The van der Waals surface area contributed by atoms with E-state index in [-0.39, 0.29) is 5.91 Å². The van der Waals surface area contributed by atoms with Crippen LogP contribution in [0.25, 0.3) is 0 Å². The van der Waals surface area contributed by atoms with E-state index in [2.05, 4.69) is 23.6 Å². The highest BCUT2D eigenvalue weighted by atomic mass is 16.2. The number of carbonyl (C=O) groups excluding carboxylic acids is 1. The zero-order valence-corrected chi connectivity index (χ0v) is 11.5. The molecule has 0 unspecified atom stereocenters. The van der Waals surface area contributed by atoms with Crippen LogP contribution >= 0.6 is 0 Å². The van der Waals surface area contributed by atoms with Crippen molar-refractivity contribution in [2.75, 3.05) is 19.6 Å². The van der Waals surface area contributed by atoms with Gasteiger partial charge in [-0.25, -0.2) is 0 Å².